The molecule has 3 atom stereocenters. The van der Waals surface area contributed by atoms with Crippen LogP contribution in [0.4, 0.5) is 0 Å². The average Bonchev–Trinajstić information content (AvgIpc) is 2.54. The summed E-state index contributed by atoms with van der Waals surface area (Å²) >= 11 is 0. The van der Waals surface area contributed by atoms with E-state index in [-0.39, 0.29) is 0 Å². The first kappa shape index (κ1) is 18.0. The third-order valence-corrected chi connectivity index (χ3v) is 6.77. The number of aldehydes is 1. The van der Waals surface area contributed by atoms with Crippen LogP contribution < -0.4 is 0 Å². The molecule has 3 unspecified atom stereocenters. The maximum absolute atomic E-state index is 10.8. The van der Waals surface area contributed by atoms with Gasteiger partial charge in [0.25, 0.3) is 0 Å². The van der Waals surface area contributed by atoms with Crippen LogP contribution in [-0.4, -0.2) is 6.29 Å². The largest absolute Gasteiger partial charge is 0.303 e. The van der Waals surface area contributed by atoms with Crippen molar-refractivity contribution in [2.24, 2.45) is 29.6 Å². The second kappa shape index (κ2) is 9.73. The third kappa shape index (κ3) is 6.05. The zero-order chi connectivity index (χ0) is 15.8. The second-order valence-corrected chi connectivity index (χ2v) is 8.54. The van der Waals surface area contributed by atoms with Gasteiger partial charge in [0.2, 0.25) is 0 Å². The van der Waals surface area contributed by atoms with Crippen molar-refractivity contribution in [2.45, 2.75) is 97.3 Å². The summed E-state index contributed by atoms with van der Waals surface area (Å²) in [5, 5.41) is 0. The van der Waals surface area contributed by atoms with Gasteiger partial charge in [-0.1, -0.05) is 65.2 Å². The van der Waals surface area contributed by atoms with Gasteiger partial charge in [-0.3, -0.25) is 0 Å². The molecule has 0 radical (unpaired) electrons. The molecule has 0 aromatic rings. The molecule has 22 heavy (non-hydrogen) atoms. The first-order chi connectivity index (χ1) is 10.7. The molecule has 2 rings (SSSR count). The molecule has 2 saturated carbocycles. The van der Waals surface area contributed by atoms with Crippen molar-refractivity contribution in [3.8, 4) is 0 Å². The summed E-state index contributed by atoms with van der Waals surface area (Å²) in [4.78, 5) is 10.8. The highest BCUT2D eigenvalue weighted by Gasteiger charge is 2.24. The van der Waals surface area contributed by atoms with Crippen molar-refractivity contribution < 1.29 is 4.79 Å². The van der Waals surface area contributed by atoms with Crippen LogP contribution in [0.5, 0.6) is 0 Å². The van der Waals surface area contributed by atoms with Gasteiger partial charge in [-0.25, -0.2) is 0 Å². The molecule has 2 fully saturated rings. The fourth-order valence-electron chi connectivity index (χ4n) is 4.75. The molecule has 128 valence electrons. The van der Waals surface area contributed by atoms with Crippen LogP contribution in [-0.2, 0) is 4.79 Å². The molecule has 0 aromatic carbocycles. The maximum atomic E-state index is 10.8. The SMILES string of the molecule is CC1CCC(CCCCCCC2CCC(C=O)CC2)CC1C. The summed E-state index contributed by atoms with van der Waals surface area (Å²) in [6.45, 7) is 4.89. The molecule has 0 aliphatic heterocycles. The van der Waals surface area contributed by atoms with Crippen LogP contribution in [0.1, 0.15) is 97.3 Å². The Bertz CT molecular complexity index is 303. The van der Waals surface area contributed by atoms with E-state index in [9.17, 15) is 4.79 Å². The number of unbranched alkanes of at least 4 members (excludes halogenated alkanes) is 3. The fourth-order valence-corrected chi connectivity index (χ4v) is 4.75. The lowest BCUT2D eigenvalue weighted by molar-refractivity contribution is -0.112. The topological polar surface area (TPSA) is 17.1 Å². The Labute approximate surface area is 138 Å². The van der Waals surface area contributed by atoms with E-state index >= 15 is 0 Å². The number of hydrogen-bond donors (Lipinski definition) is 0. The predicted molar refractivity (Wildman–Crippen MR) is 94.9 cm³/mol. The minimum Gasteiger partial charge on any atom is -0.303 e. The first-order valence-corrected chi connectivity index (χ1v) is 10.1. The van der Waals surface area contributed by atoms with Crippen molar-refractivity contribution in [3.63, 3.8) is 0 Å². The van der Waals surface area contributed by atoms with Gasteiger partial charge in [0.05, 0.1) is 0 Å². The molecule has 0 aromatic heterocycles. The minimum atomic E-state index is 0.386. The summed E-state index contributed by atoms with van der Waals surface area (Å²) in [7, 11) is 0. The van der Waals surface area contributed by atoms with Gasteiger partial charge in [0, 0.05) is 5.92 Å². The van der Waals surface area contributed by atoms with E-state index in [0.717, 1.165) is 36.5 Å². The number of carbonyl (C=O) groups excluding carboxylic acids is 1. The van der Waals surface area contributed by atoms with Gasteiger partial charge in [0.15, 0.2) is 0 Å². The first-order valence-electron chi connectivity index (χ1n) is 10.1. The lowest BCUT2D eigenvalue weighted by Crippen LogP contribution is -2.20. The van der Waals surface area contributed by atoms with E-state index in [1.54, 1.807) is 0 Å². The Balaban J connectivity index is 1.44. The van der Waals surface area contributed by atoms with Crippen LogP contribution in [0.2, 0.25) is 0 Å². The standard InChI is InChI=1S/C21H38O/c1-17-9-10-20(15-18(17)2)8-6-4-3-5-7-19-11-13-21(16-22)14-12-19/h16-21H,3-15H2,1-2H3. The lowest BCUT2D eigenvalue weighted by Gasteiger charge is -2.32. The Kier molecular flexibility index (Phi) is 7.97. The Morgan fingerprint density at radius 2 is 1.32 bits per heavy atom. The molecule has 2 aliphatic carbocycles. The van der Waals surface area contributed by atoms with E-state index in [0.29, 0.717) is 5.92 Å². The highest BCUT2D eigenvalue weighted by molar-refractivity contribution is 5.53. The predicted octanol–water partition coefficient (Wildman–Crippen LogP) is 6.40. The average molecular weight is 307 g/mol. The van der Waals surface area contributed by atoms with Crippen molar-refractivity contribution in [1.29, 1.82) is 0 Å². The van der Waals surface area contributed by atoms with Crippen molar-refractivity contribution >= 4 is 6.29 Å². The van der Waals surface area contributed by atoms with Crippen LogP contribution in [0.25, 0.3) is 0 Å². The second-order valence-electron chi connectivity index (χ2n) is 8.54. The molecule has 0 heterocycles. The molecule has 1 nitrogen and oxygen atoms in total. The molecule has 0 bridgehead atoms. The molecule has 0 saturated heterocycles. The highest BCUT2D eigenvalue weighted by Crippen LogP contribution is 2.36. The van der Waals surface area contributed by atoms with Gasteiger partial charge in [0.1, 0.15) is 6.29 Å². The number of rotatable bonds is 8. The molecular formula is C21H38O. The normalized spacial score (nSPS) is 36.2. The van der Waals surface area contributed by atoms with Crippen LogP contribution in [0, 0.1) is 29.6 Å². The van der Waals surface area contributed by atoms with Crippen LogP contribution >= 0.6 is 0 Å². The van der Waals surface area contributed by atoms with Gasteiger partial charge < -0.3 is 4.79 Å². The van der Waals surface area contributed by atoms with E-state index in [1.807, 2.05) is 0 Å². The van der Waals surface area contributed by atoms with Crippen molar-refractivity contribution in [2.75, 3.05) is 0 Å². The van der Waals surface area contributed by atoms with E-state index in [2.05, 4.69) is 13.8 Å². The minimum absolute atomic E-state index is 0.386. The fraction of sp³-hybridized carbons (Fsp3) is 0.952. The summed E-state index contributed by atoms with van der Waals surface area (Å²) in [6, 6.07) is 0. The molecule has 0 spiro atoms. The van der Waals surface area contributed by atoms with Gasteiger partial charge in [-0.15, -0.1) is 0 Å². The van der Waals surface area contributed by atoms with Crippen LogP contribution in [0.15, 0.2) is 0 Å². The zero-order valence-electron chi connectivity index (χ0n) is 15.1. The summed E-state index contributed by atoms with van der Waals surface area (Å²) in [5.74, 6) is 4.27. The van der Waals surface area contributed by atoms with Crippen LogP contribution in [0.3, 0.4) is 0 Å². The smallest absolute Gasteiger partial charge is 0.123 e. The lowest BCUT2D eigenvalue weighted by atomic mass is 9.74. The molecule has 0 amide bonds. The monoisotopic (exact) mass is 306 g/mol. The Hall–Kier alpha value is -0.330. The van der Waals surface area contributed by atoms with Gasteiger partial charge in [-0.2, -0.15) is 0 Å². The zero-order valence-corrected chi connectivity index (χ0v) is 15.1. The summed E-state index contributed by atoms with van der Waals surface area (Å²) in [5.41, 5.74) is 0. The van der Waals surface area contributed by atoms with Crippen molar-refractivity contribution in [3.05, 3.63) is 0 Å². The van der Waals surface area contributed by atoms with E-state index in [4.69, 9.17) is 0 Å². The third-order valence-electron chi connectivity index (χ3n) is 6.77. The quantitative estimate of drug-likeness (QED) is 0.374. The van der Waals surface area contributed by atoms with Gasteiger partial charge in [-0.05, 0) is 55.8 Å². The van der Waals surface area contributed by atoms with E-state index in [1.165, 1.54) is 76.9 Å². The highest BCUT2D eigenvalue weighted by atomic mass is 16.1. The van der Waals surface area contributed by atoms with Gasteiger partial charge >= 0.3 is 0 Å². The number of carbonyl (C=O) groups is 1. The Morgan fingerprint density at radius 3 is 1.91 bits per heavy atom. The maximum Gasteiger partial charge on any atom is 0.123 e. The molecule has 1 heteroatoms. The number of hydrogen-bond acceptors (Lipinski definition) is 1. The summed E-state index contributed by atoms with van der Waals surface area (Å²) < 4.78 is 0. The molecule has 2 aliphatic rings. The Morgan fingerprint density at radius 1 is 0.727 bits per heavy atom. The molecular weight excluding hydrogens is 268 g/mol. The van der Waals surface area contributed by atoms with E-state index < -0.39 is 0 Å². The molecule has 0 N–H and O–H groups in total. The summed E-state index contributed by atoms with van der Waals surface area (Å²) in [6.07, 6.45) is 19.2. The van der Waals surface area contributed by atoms with Crippen molar-refractivity contribution in [1.82, 2.24) is 0 Å².